The first kappa shape index (κ1) is 12.7. The summed E-state index contributed by atoms with van der Waals surface area (Å²) in [6.07, 6.45) is 0. The molecule has 16 heavy (non-hydrogen) atoms. The van der Waals surface area contributed by atoms with Gasteiger partial charge in [-0.2, -0.15) is 0 Å². The lowest BCUT2D eigenvalue weighted by molar-refractivity contribution is -0.384. The van der Waals surface area contributed by atoms with Crippen LogP contribution in [0.15, 0.2) is 12.1 Å². The van der Waals surface area contributed by atoms with E-state index in [4.69, 9.17) is 16.3 Å². The third-order valence-electron chi connectivity index (χ3n) is 1.78. The van der Waals surface area contributed by atoms with Gasteiger partial charge in [-0.25, -0.2) is 4.98 Å². The maximum absolute atomic E-state index is 10.7. The molecule has 0 spiro atoms. The molecule has 1 aromatic heterocycles. The minimum atomic E-state index is -0.508. The number of hydrogen-bond donors (Lipinski definition) is 1. The fourth-order valence-corrected chi connectivity index (χ4v) is 1.24. The van der Waals surface area contributed by atoms with Crippen LogP contribution in [-0.2, 0) is 4.74 Å². The maximum Gasteiger partial charge on any atom is 0.311 e. The lowest BCUT2D eigenvalue weighted by Crippen LogP contribution is -2.11. The van der Waals surface area contributed by atoms with Crippen LogP contribution in [0, 0.1) is 10.1 Å². The van der Waals surface area contributed by atoms with Gasteiger partial charge in [0.15, 0.2) is 0 Å². The third-order valence-corrected chi connectivity index (χ3v) is 1.99. The molecule has 1 rings (SSSR count). The largest absolute Gasteiger partial charge is 0.380 e. The zero-order valence-corrected chi connectivity index (χ0v) is 9.53. The van der Waals surface area contributed by atoms with Crippen molar-refractivity contribution in [3.63, 3.8) is 0 Å². The number of nitrogens with one attached hydrogen (secondary N) is 1. The van der Waals surface area contributed by atoms with Gasteiger partial charge in [0.05, 0.1) is 11.5 Å². The normalized spacial score (nSPS) is 10.1. The summed E-state index contributed by atoms with van der Waals surface area (Å²) in [6, 6.07) is 2.70. The van der Waals surface area contributed by atoms with Crippen molar-refractivity contribution in [2.75, 3.05) is 25.1 Å². The molecule has 88 valence electrons. The van der Waals surface area contributed by atoms with Crippen LogP contribution in [0.5, 0.6) is 0 Å². The second-order valence-electron chi connectivity index (χ2n) is 2.88. The summed E-state index contributed by atoms with van der Waals surface area (Å²) in [5.41, 5.74) is -0.0964. The van der Waals surface area contributed by atoms with E-state index in [9.17, 15) is 10.1 Å². The summed E-state index contributed by atoms with van der Waals surface area (Å²) in [5, 5.41) is 13.7. The van der Waals surface area contributed by atoms with Crippen molar-refractivity contribution in [1.29, 1.82) is 0 Å². The van der Waals surface area contributed by atoms with Gasteiger partial charge in [-0.05, 0) is 13.0 Å². The molecule has 0 bridgehead atoms. The van der Waals surface area contributed by atoms with Crippen molar-refractivity contribution in [3.8, 4) is 0 Å². The molecule has 6 nitrogen and oxygen atoms in total. The Kier molecular flexibility index (Phi) is 4.94. The Morgan fingerprint density at radius 3 is 3.00 bits per heavy atom. The minimum absolute atomic E-state index is 0.0964. The Labute approximate surface area is 97.7 Å². The van der Waals surface area contributed by atoms with Crippen LogP contribution in [-0.4, -0.2) is 29.7 Å². The van der Waals surface area contributed by atoms with E-state index >= 15 is 0 Å². The highest BCUT2D eigenvalue weighted by molar-refractivity contribution is 6.29. The van der Waals surface area contributed by atoms with Crippen molar-refractivity contribution in [1.82, 2.24) is 4.98 Å². The van der Waals surface area contributed by atoms with Gasteiger partial charge >= 0.3 is 5.69 Å². The molecule has 1 N–H and O–H groups in total. The summed E-state index contributed by atoms with van der Waals surface area (Å²) in [5.74, 6) is 0.164. The van der Waals surface area contributed by atoms with E-state index in [2.05, 4.69) is 10.3 Å². The molecule has 0 aliphatic rings. The molecule has 0 aromatic carbocycles. The van der Waals surface area contributed by atoms with Crippen LogP contribution in [0.2, 0.25) is 5.15 Å². The first-order valence-electron chi connectivity index (χ1n) is 4.77. The van der Waals surface area contributed by atoms with Gasteiger partial charge in [-0.1, -0.05) is 11.6 Å². The lowest BCUT2D eigenvalue weighted by atomic mass is 10.4. The Morgan fingerprint density at radius 1 is 1.62 bits per heavy atom. The molecule has 0 amide bonds. The zero-order valence-electron chi connectivity index (χ0n) is 8.77. The zero-order chi connectivity index (χ0) is 12.0. The molecule has 0 saturated carbocycles. The third kappa shape index (κ3) is 3.63. The molecule has 7 heteroatoms. The standard InChI is InChI=1S/C9H12ClN3O3/c1-2-16-6-5-11-9-7(13(14)15)3-4-8(10)12-9/h3-4H,2,5-6H2,1H3,(H,11,12). The van der Waals surface area contributed by atoms with Crippen LogP contribution in [0.25, 0.3) is 0 Å². The van der Waals surface area contributed by atoms with E-state index in [1.807, 2.05) is 6.92 Å². The van der Waals surface area contributed by atoms with E-state index in [0.29, 0.717) is 19.8 Å². The van der Waals surface area contributed by atoms with Gasteiger partial charge in [0.25, 0.3) is 0 Å². The summed E-state index contributed by atoms with van der Waals surface area (Å²) in [7, 11) is 0. The number of aromatic nitrogens is 1. The predicted octanol–water partition coefficient (Wildman–Crippen LogP) is 2.09. The second-order valence-corrected chi connectivity index (χ2v) is 3.27. The number of hydrogen-bond acceptors (Lipinski definition) is 5. The fourth-order valence-electron chi connectivity index (χ4n) is 1.09. The van der Waals surface area contributed by atoms with Crippen molar-refractivity contribution in [3.05, 3.63) is 27.4 Å². The minimum Gasteiger partial charge on any atom is -0.380 e. The first-order valence-corrected chi connectivity index (χ1v) is 5.15. The molecular weight excluding hydrogens is 234 g/mol. The van der Waals surface area contributed by atoms with E-state index in [0.717, 1.165) is 0 Å². The Balaban J connectivity index is 2.68. The number of pyridine rings is 1. The van der Waals surface area contributed by atoms with Gasteiger partial charge in [-0.3, -0.25) is 10.1 Å². The number of nitro groups is 1. The molecule has 0 aliphatic carbocycles. The number of nitrogens with zero attached hydrogens (tertiary/aromatic N) is 2. The van der Waals surface area contributed by atoms with Gasteiger partial charge in [0, 0.05) is 19.2 Å². The first-order chi connectivity index (χ1) is 7.65. The van der Waals surface area contributed by atoms with Crippen LogP contribution in [0.4, 0.5) is 11.5 Å². The van der Waals surface area contributed by atoms with Gasteiger partial charge in [-0.15, -0.1) is 0 Å². The Morgan fingerprint density at radius 2 is 2.38 bits per heavy atom. The van der Waals surface area contributed by atoms with E-state index in [-0.39, 0.29) is 16.7 Å². The highest BCUT2D eigenvalue weighted by Gasteiger charge is 2.14. The SMILES string of the molecule is CCOCCNc1nc(Cl)ccc1[N+](=O)[O-]. The van der Waals surface area contributed by atoms with Crippen molar-refractivity contribution < 1.29 is 9.66 Å². The summed E-state index contributed by atoms with van der Waals surface area (Å²) < 4.78 is 5.09. The quantitative estimate of drug-likeness (QED) is 0.359. The molecular formula is C9H12ClN3O3. The van der Waals surface area contributed by atoms with E-state index in [1.54, 1.807) is 0 Å². The smallest absolute Gasteiger partial charge is 0.311 e. The number of ether oxygens (including phenoxy) is 1. The molecule has 0 saturated heterocycles. The number of rotatable bonds is 6. The van der Waals surface area contributed by atoms with E-state index in [1.165, 1.54) is 12.1 Å². The Hall–Kier alpha value is -1.40. The van der Waals surface area contributed by atoms with Crippen LogP contribution in [0.3, 0.4) is 0 Å². The average Bonchev–Trinajstić information content (AvgIpc) is 2.24. The molecule has 0 unspecified atom stereocenters. The summed E-state index contributed by atoms with van der Waals surface area (Å²) >= 11 is 5.66. The summed E-state index contributed by atoms with van der Waals surface area (Å²) in [6.45, 7) is 3.39. The van der Waals surface area contributed by atoms with Crippen LogP contribution in [0.1, 0.15) is 6.92 Å². The van der Waals surface area contributed by atoms with Crippen LogP contribution < -0.4 is 5.32 Å². The molecule has 1 aromatic rings. The second kappa shape index (κ2) is 6.24. The Bertz CT molecular complexity index is 373. The lowest BCUT2D eigenvalue weighted by Gasteiger charge is -2.06. The predicted molar refractivity (Wildman–Crippen MR) is 60.9 cm³/mol. The molecule has 0 fully saturated rings. The van der Waals surface area contributed by atoms with Crippen molar-refractivity contribution >= 4 is 23.1 Å². The van der Waals surface area contributed by atoms with Crippen molar-refractivity contribution in [2.24, 2.45) is 0 Å². The molecule has 0 atom stereocenters. The number of halogens is 1. The number of anilines is 1. The maximum atomic E-state index is 10.7. The topological polar surface area (TPSA) is 77.3 Å². The van der Waals surface area contributed by atoms with Gasteiger partial charge in [0.2, 0.25) is 5.82 Å². The molecule has 0 radical (unpaired) electrons. The summed E-state index contributed by atoms with van der Waals surface area (Å²) in [4.78, 5) is 14.0. The monoisotopic (exact) mass is 245 g/mol. The van der Waals surface area contributed by atoms with Crippen LogP contribution >= 0.6 is 11.6 Å². The van der Waals surface area contributed by atoms with Gasteiger partial charge < -0.3 is 10.1 Å². The fraction of sp³-hybridized carbons (Fsp3) is 0.444. The highest BCUT2D eigenvalue weighted by atomic mass is 35.5. The molecule has 0 aliphatic heterocycles. The molecule has 1 heterocycles. The van der Waals surface area contributed by atoms with E-state index < -0.39 is 4.92 Å². The van der Waals surface area contributed by atoms with Crippen molar-refractivity contribution in [2.45, 2.75) is 6.92 Å². The highest BCUT2D eigenvalue weighted by Crippen LogP contribution is 2.23. The average molecular weight is 246 g/mol. The van der Waals surface area contributed by atoms with Gasteiger partial charge in [0.1, 0.15) is 5.15 Å².